The minimum atomic E-state index is -0.290. The SMILES string of the molecule is CC(C)NC(=O)N(C)CC(=O)N1N=C(c2cccn2C)C[C@@H]1c1ccc(Cl)cc1. The first kappa shape index (κ1) is 20.9. The molecule has 0 unspecified atom stereocenters. The number of hydrogen-bond donors (Lipinski definition) is 1. The number of benzene rings is 1. The summed E-state index contributed by atoms with van der Waals surface area (Å²) in [6, 6.07) is 10.8. The van der Waals surface area contributed by atoms with Gasteiger partial charge >= 0.3 is 6.03 Å². The molecule has 1 aliphatic rings. The van der Waals surface area contributed by atoms with Crippen LogP contribution in [-0.4, -0.2) is 51.8 Å². The van der Waals surface area contributed by atoms with Crippen molar-refractivity contribution in [3.63, 3.8) is 0 Å². The van der Waals surface area contributed by atoms with Gasteiger partial charge in [-0.25, -0.2) is 9.80 Å². The van der Waals surface area contributed by atoms with Crippen LogP contribution < -0.4 is 5.32 Å². The Morgan fingerprint density at radius 1 is 1.28 bits per heavy atom. The first-order chi connectivity index (χ1) is 13.8. The molecular weight excluding hydrogens is 390 g/mol. The van der Waals surface area contributed by atoms with Crippen molar-refractivity contribution in [2.45, 2.75) is 32.4 Å². The third kappa shape index (κ3) is 4.79. The lowest BCUT2D eigenvalue weighted by Crippen LogP contribution is -2.45. The van der Waals surface area contributed by atoms with Crippen molar-refractivity contribution >= 4 is 29.3 Å². The van der Waals surface area contributed by atoms with Crippen LogP contribution in [0.3, 0.4) is 0 Å². The van der Waals surface area contributed by atoms with Crippen molar-refractivity contribution in [3.8, 4) is 0 Å². The molecule has 3 rings (SSSR count). The summed E-state index contributed by atoms with van der Waals surface area (Å²) in [4.78, 5) is 26.6. The molecule has 1 aromatic carbocycles. The Labute approximate surface area is 175 Å². The minimum absolute atomic E-state index is 0.00406. The Morgan fingerprint density at radius 2 is 1.97 bits per heavy atom. The third-order valence-corrected chi connectivity index (χ3v) is 5.04. The lowest BCUT2D eigenvalue weighted by atomic mass is 10.0. The van der Waals surface area contributed by atoms with Crippen molar-refractivity contribution < 1.29 is 9.59 Å². The standard InChI is InChI=1S/C21H26ClN5O2/c1-14(2)23-21(29)26(4)13-20(28)27-19(15-7-9-16(22)10-8-15)12-17(24-27)18-6-5-11-25(18)3/h5-11,14,19H,12-13H2,1-4H3,(H,23,29)/t19-/m1/s1. The molecule has 1 atom stereocenters. The molecule has 0 saturated heterocycles. The molecule has 29 heavy (non-hydrogen) atoms. The fraction of sp³-hybridized carbons (Fsp3) is 0.381. The summed E-state index contributed by atoms with van der Waals surface area (Å²) in [5, 5.41) is 9.55. The summed E-state index contributed by atoms with van der Waals surface area (Å²) in [5.74, 6) is -0.240. The Hall–Kier alpha value is -2.80. The van der Waals surface area contributed by atoms with E-state index in [1.807, 2.05) is 68.1 Å². The number of carbonyl (C=O) groups is 2. The zero-order chi connectivity index (χ0) is 21.1. The summed E-state index contributed by atoms with van der Waals surface area (Å²) < 4.78 is 1.98. The lowest BCUT2D eigenvalue weighted by Gasteiger charge is -2.25. The van der Waals surface area contributed by atoms with E-state index in [0.717, 1.165) is 17.0 Å². The number of rotatable bonds is 5. The van der Waals surface area contributed by atoms with Gasteiger partial charge < -0.3 is 14.8 Å². The molecule has 0 saturated carbocycles. The summed E-state index contributed by atoms with van der Waals surface area (Å²) in [6.07, 6.45) is 2.54. The molecule has 3 amide bonds. The van der Waals surface area contributed by atoms with E-state index in [-0.39, 0.29) is 30.6 Å². The second kappa shape index (κ2) is 8.69. The normalized spacial score (nSPS) is 16.1. The van der Waals surface area contributed by atoms with Gasteiger partial charge in [0.25, 0.3) is 5.91 Å². The average molecular weight is 416 g/mol. The van der Waals surface area contributed by atoms with Crippen LogP contribution in [0.2, 0.25) is 5.02 Å². The molecule has 7 nitrogen and oxygen atoms in total. The predicted octanol–water partition coefficient (Wildman–Crippen LogP) is 3.41. The average Bonchev–Trinajstić information content (AvgIpc) is 3.28. The number of carbonyl (C=O) groups excluding carboxylic acids is 2. The molecule has 2 aromatic rings. The molecule has 8 heteroatoms. The smallest absolute Gasteiger partial charge is 0.317 e. The Kier molecular flexibility index (Phi) is 6.27. The molecular formula is C21H26ClN5O2. The van der Waals surface area contributed by atoms with Gasteiger partial charge in [-0.1, -0.05) is 23.7 Å². The van der Waals surface area contributed by atoms with Crippen LogP contribution >= 0.6 is 11.6 Å². The van der Waals surface area contributed by atoms with Gasteiger partial charge in [0.2, 0.25) is 0 Å². The minimum Gasteiger partial charge on any atom is -0.350 e. The highest BCUT2D eigenvalue weighted by Crippen LogP contribution is 2.33. The van der Waals surface area contributed by atoms with E-state index >= 15 is 0 Å². The van der Waals surface area contributed by atoms with Gasteiger partial charge in [-0.05, 0) is 43.7 Å². The number of nitrogens with zero attached hydrogens (tertiary/aromatic N) is 4. The lowest BCUT2D eigenvalue weighted by molar-refractivity contribution is -0.133. The van der Waals surface area contributed by atoms with Gasteiger partial charge in [0.15, 0.2) is 0 Å². The van der Waals surface area contributed by atoms with Crippen molar-refractivity contribution in [1.82, 2.24) is 19.8 Å². The van der Waals surface area contributed by atoms with Crippen LogP contribution in [0.5, 0.6) is 0 Å². The fourth-order valence-corrected chi connectivity index (χ4v) is 3.43. The maximum absolute atomic E-state index is 13.1. The first-order valence-electron chi connectivity index (χ1n) is 9.54. The molecule has 0 aliphatic carbocycles. The van der Waals surface area contributed by atoms with Crippen molar-refractivity contribution in [3.05, 3.63) is 58.9 Å². The van der Waals surface area contributed by atoms with Crippen molar-refractivity contribution in [2.75, 3.05) is 13.6 Å². The molecule has 1 aliphatic heterocycles. The molecule has 1 N–H and O–H groups in total. The number of aromatic nitrogens is 1. The fourth-order valence-electron chi connectivity index (χ4n) is 3.30. The second-order valence-corrected chi connectivity index (χ2v) is 7.96. The van der Waals surface area contributed by atoms with E-state index in [9.17, 15) is 9.59 Å². The van der Waals surface area contributed by atoms with E-state index < -0.39 is 0 Å². The van der Waals surface area contributed by atoms with Crippen LogP contribution in [0.15, 0.2) is 47.7 Å². The molecule has 0 spiro atoms. The van der Waals surface area contributed by atoms with Gasteiger partial charge in [-0.3, -0.25) is 4.79 Å². The number of aryl methyl sites for hydroxylation is 1. The topological polar surface area (TPSA) is 69.9 Å². The van der Waals surface area contributed by atoms with Gasteiger partial charge in [0, 0.05) is 37.8 Å². The number of halogens is 1. The zero-order valence-corrected chi connectivity index (χ0v) is 17.8. The number of hydrogen-bond acceptors (Lipinski definition) is 3. The van der Waals surface area contributed by atoms with E-state index in [1.54, 1.807) is 7.05 Å². The molecule has 0 fully saturated rings. The molecule has 2 heterocycles. The third-order valence-electron chi connectivity index (χ3n) is 4.79. The van der Waals surface area contributed by atoms with Crippen LogP contribution in [0, 0.1) is 0 Å². The largest absolute Gasteiger partial charge is 0.350 e. The van der Waals surface area contributed by atoms with Crippen LogP contribution in [0.1, 0.15) is 37.6 Å². The molecule has 154 valence electrons. The van der Waals surface area contributed by atoms with E-state index in [4.69, 9.17) is 11.6 Å². The van der Waals surface area contributed by atoms with Crippen molar-refractivity contribution in [2.24, 2.45) is 12.1 Å². The van der Waals surface area contributed by atoms with Crippen LogP contribution in [-0.2, 0) is 11.8 Å². The summed E-state index contributed by atoms with van der Waals surface area (Å²) >= 11 is 6.03. The highest BCUT2D eigenvalue weighted by Gasteiger charge is 2.34. The van der Waals surface area contributed by atoms with Gasteiger partial charge in [-0.2, -0.15) is 5.10 Å². The Bertz CT molecular complexity index is 919. The summed E-state index contributed by atoms with van der Waals surface area (Å²) in [6.45, 7) is 3.69. The maximum Gasteiger partial charge on any atom is 0.317 e. The zero-order valence-electron chi connectivity index (χ0n) is 17.1. The second-order valence-electron chi connectivity index (χ2n) is 7.52. The maximum atomic E-state index is 13.1. The first-order valence-corrected chi connectivity index (χ1v) is 9.92. The van der Waals surface area contributed by atoms with E-state index in [0.29, 0.717) is 11.4 Å². The summed E-state index contributed by atoms with van der Waals surface area (Å²) in [7, 11) is 3.55. The van der Waals surface area contributed by atoms with Gasteiger partial charge in [0.05, 0.1) is 17.4 Å². The van der Waals surface area contributed by atoms with Gasteiger partial charge in [0.1, 0.15) is 6.54 Å². The number of urea groups is 1. The molecule has 0 bridgehead atoms. The Morgan fingerprint density at radius 3 is 2.55 bits per heavy atom. The quantitative estimate of drug-likeness (QED) is 0.812. The van der Waals surface area contributed by atoms with Crippen LogP contribution in [0.4, 0.5) is 4.79 Å². The van der Waals surface area contributed by atoms with E-state index in [1.165, 1.54) is 9.91 Å². The number of amides is 3. The number of nitrogens with one attached hydrogen (secondary N) is 1. The number of hydrazone groups is 1. The predicted molar refractivity (Wildman–Crippen MR) is 114 cm³/mol. The molecule has 1 aromatic heterocycles. The van der Waals surface area contributed by atoms with Crippen LogP contribution in [0.25, 0.3) is 0 Å². The Balaban J connectivity index is 1.85. The summed E-state index contributed by atoms with van der Waals surface area (Å²) in [5.41, 5.74) is 2.75. The number of likely N-dealkylation sites (N-methyl/N-ethyl adjacent to an activating group) is 1. The van der Waals surface area contributed by atoms with Crippen molar-refractivity contribution in [1.29, 1.82) is 0 Å². The van der Waals surface area contributed by atoms with E-state index in [2.05, 4.69) is 10.4 Å². The molecule has 0 radical (unpaired) electrons. The highest BCUT2D eigenvalue weighted by molar-refractivity contribution is 6.30. The monoisotopic (exact) mass is 415 g/mol. The highest BCUT2D eigenvalue weighted by atomic mass is 35.5. The van der Waals surface area contributed by atoms with Gasteiger partial charge in [-0.15, -0.1) is 0 Å².